The van der Waals surface area contributed by atoms with E-state index in [4.69, 9.17) is 10.5 Å². The van der Waals surface area contributed by atoms with Crippen LogP contribution in [-0.2, 0) is 14.6 Å². The molecule has 0 radical (unpaired) electrons. The molecule has 0 atom stereocenters. The van der Waals surface area contributed by atoms with Crippen LogP contribution in [0.3, 0.4) is 0 Å². The zero-order valence-electron chi connectivity index (χ0n) is 13.4. The van der Waals surface area contributed by atoms with Gasteiger partial charge in [0, 0.05) is 12.8 Å². The first kappa shape index (κ1) is 17.7. The molecule has 0 bridgehead atoms. The summed E-state index contributed by atoms with van der Waals surface area (Å²) < 4.78 is 28.2. The zero-order chi connectivity index (χ0) is 16.9. The summed E-state index contributed by atoms with van der Waals surface area (Å²) >= 11 is 0. The van der Waals surface area contributed by atoms with Crippen molar-refractivity contribution < 1.29 is 17.9 Å². The molecule has 6 nitrogen and oxygen atoms in total. The van der Waals surface area contributed by atoms with E-state index < -0.39 is 9.84 Å². The van der Waals surface area contributed by atoms with Crippen molar-refractivity contribution in [3.8, 4) is 5.75 Å². The highest BCUT2D eigenvalue weighted by Crippen LogP contribution is 2.28. The molecule has 1 fully saturated rings. The fourth-order valence-electron chi connectivity index (χ4n) is 2.83. The summed E-state index contributed by atoms with van der Waals surface area (Å²) in [5, 5.41) is 3.03. The lowest BCUT2D eigenvalue weighted by atomic mass is 9.98. The number of hydrogen-bond acceptors (Lipinski definition) is 5. The van der Waals surface area contributed by atoms with Crippen molar-refractivity contribution in [3.63, 3.8) is 0 Å². The quantitative estimate of drug-likeness (QED) is 0.778. The van der Waals surface area contributed by atoms with E-state index in [1.165, 1.54) is 12.1 Å². The second-order valence-electron chi connectivity index (χ2n) is 6.08. The topological polar surface area (TPSA) is 98.5 Å². The minimum atomic E-state index is -3.21. The third-order valence-electron chi connectivity index (χ3n) is 4.21. The third kappa shape index (κ3) is 4.94. The standard InChI is InChI=1S/C16H24N2O4S/c1-23(20,21)14-6-4-13(5-7-14)22-11-8-15(19)18-16(12-17)9-2-3-10-16/h4-7H,2-3,8-12,17H2,1H3,(H,18,19). The smallest absolute Gasteiger partial charge is 0.223 e. The number of sulfone groups is 1. The minimum Gasteiger partial charge on any atom is -0.493 e. The highest BCUT2D eigenvalue weighted by molar-refractivity contribution is 7.90. The van der Waals surface area contributed by atoms with Crippen molar-refractivity contribution in [3.05, 3.63) is 24.3 Å². The lowest BCUT2D eigenvalue weighted by Crippen LogP contribution is -2.51. The largest absolute Gasteiger partial charge is 0.493 e. The van der Waals surface area contributed by atoms with Crippen LogP contribution in [-0.4, -0.2) is 39.3 Å². The van der Waals surface area contributed by atoms with Gasteiger partial charge in [-0.15, -0.1) is 0 Å². The Morgan fingerprint density at radius 1 is 1.26 bits per heavy atom. The predicted molar refractivity (Wildman–Crippen MR) is 88.1 cm³/mol. The molecule has 2 rings (SSSR count). The number of carbonyl (C=O) groups excluding carboxylic acids is 1. The van der Waals surface area contributed by atoms with Crippen molar-refractivity contribution in [2.24, 2.45) is 5.73 Å². The van der Waals surface area contributed by atoms with Crippen LogP contribution in [0, 0.1) is 0 Å². The maximum atomic E-state index is 12.0. The molecule has 23 heavy (non-hydrogen) atoms. The van der Waals surface area contributed by atoms with Crippen LogP contribution in [0.5, 0.6) is 5.75 Å². The Bertz CT molecular complexity index is 635. The second-order valence-corrected chi connectivity index (χ2v) is 8.10. The van der Waals surface area contributed by atoms with E-state index in [-0.39, 0.29) is 29.4 Å². The predicted octanol–water partition coefficient (Wildman–Crippen LogP) is 1.25. The second kappa shape index (κ2) is 7.31. The molecule has 0 spiro atoms. The Morgan fingerprint density at radius 3 is 2.39 bits per heavy atom. The van der Waals surface area contributed by atoms with Gasteiger partial charge in [0.15, 0.2) is 9.84 Å². The van der Waals surface area contributed by atoms with Crippen LogP contribution in [0.15, 0.2) is 29.2 Å². The van der Waals surface area contributed by atoms with Gasteiger partial charge in [0.05, 0.1) is 23.5 Å². The first-order valence-corrected chi connectivity index (χ1v) is 9.68. The molecule has 1 aromatic rings. The van der Waals surface area contributed by atoms with Crippen LogP contribution < -0.4 is 15.8 Å². The summed E-state index contributed by atoms with van der Waals surface area (Å²) in [6.07, 6.45) is 5.46. The summed E-state index contributed by atoms with van der Waals surface area (Å²) in [6.45, 7) is 0.706. The number of hydrogen-bond donors (Lipinski definition) is 2. The van der Waals surface area contributed by atoms with Crippen LogP contribution in [0.4, 0.5) is 0 Å². The fourth-order valence-corrected chi connectivity index (χ4v) is 3.47. The zero-order valence-corrected chi connectivity index (χ0v) is 14.2. The SMILES string of the molecule is CS(=O)(=O)c1ccc(OCCC(=O)NC2(CN)CCCC2)cc1. The number of carbonyl (C=O) groups is 1. The van der Waals surface area contributed by atoms with E-state index in [9.17, 15) is 13.2 Å². The molecule has 0 saturated heterocycles. The number of nitrogens with two attached hydrogens (primary N) is 1. The highest BCUT2D eigenvalue weighted by Gasteiger charge is 2.33. The molecule has 7 heteroatoms. The normalized spacial score (nSPS) is 17.0. The van der Waals surface area contributed by atoms with Crippen LogP contribution in [0.2, 0.25) is 0 Å². The van der Waals surface area contributed by atoms with E-state index >= 15 is 0 Å². The van der Waals surface area contributed by atoms with Gasteiger partial charge in [0.1, 0.15) is 5.75 Å². The maximum Gasteiger partial charge on any atom is 0.223 e. The highest BCUT2D eigenvalue weighted by atomic mass is 32.2. The minimum absolute atomic E-state index is 0.0647. The van der Waals surface area contributed by atoms with Crippen molar-refractivity contribution in [2.75, 3.05) is 19.4 Å². The number of amides is 1. The molecule has 1 saturated carbocycles. The van der Waals surface area contributed by atoms with Crippen molar-refractivity contribution in [1.29, 1.82) is 0 Å². The molecule has 0 heterocycles. The van der Waals surface area contributed by atoms with Crippen molar-refractivity contribution in [1.82, 2.24) is 5.32 Å². The molecule has 1 amide bonds. The Labute approximate surface area is 137 Å². The Morgan fingerprint density at radius 2 is 1.87 bits per heavy atom. The molecule has 1 aliphatic carbocycles. The molecule has 0 aromatic heterocycles. The van der Waals surface area contributed by atoms with Gasteiger partial charge < -0.3 is 15.8 Å². The first-order valence-electron chi connectivity index (χ1n) is 7.79. The number of benzene rings is 1. The lowest BCUT2D eigenvalue weighted by Gasteiger charge is -2.28. The van der Waals surface area contributed by atoms with E-state index in [1.807, 2.05) is 0 Å². The lowest BCUT2D eigenvalue weighted by molar-refractivity contribution is -0.123. The average molecular weight is 340 g/mol. The van der Waals surface area contributed by atoms with Gasteiger partial charge in [-0.05, 0) is 37.1 Å². The summed E-state index contributed by atoms with van der Waals surface area (Å²) in [7, 11) is -3.21. The number of nitrogens with one attached hydrogen (secondary N) is 1. The van der Waals surface area contributed by atoms with Crippen molar-refractivity contribution in [2.45, 2.75) is 42.5 Å². The Balaban J connectivity index is 1.79. The van der Waals surface area contributed by atoms with E-state index in [2.05, 4.69) is 5.32 Å². The van der Waals surface area contributed by atoms with Crippen LogP contribution >= 0.6 is 0 Å². The van der Waals surface area contributed by atoms with Gasteiger partial charge in [-0.3, -0.25) is 4.79 Å². The monoisotopic (exact) mass is 340 g/mol. The van der Waals surface area contributed by atoms with Gasteiger partial charge in [0.25, 0.3) is 0 Å². The molecule has 128 valence electrons. The van der Waals surface area contributed by atoms with Crippen molar-refractivity contribution >= 4 is 15.7 Å². The Hall–Kier alpha value is -1.60. The van der Waals surface area contributed by atoms with Crippen LogP contribution in [0.25, 0.3) is 0 Å². The van der Waals surface area contributed by atoms with E-state index in [1.54, 1.807) is 12.1 Å². The number of ether oxygens (including phenoxy) is 1. The van der Waals surface area contributed by atoms with E-state index in [0.717, 1.165) is 31.9 Å². The molecular formula is C16H24N2O4S. The maximum absolute atomic E-state index is 12.0. The summed E-state index contributed by atoms with van der Waals surface area (Å²) in [6, 6.07) is 6.17. The van der Waals surface area contributed by atoms with E-state index in [0.29, 0.717) is 12.3 Å². The number of rotatable bonds is 7. The van der Waals surface area contributed by atoms with Gasteiger partial charge in [-0.25, -0.2) is 8.42 Å². The van der Waals surface area contributed by atoms with Crippen LogP contribution in [0.1, 0.15) is 32.1 Å². The molecule has 3 N–H and O–H groups in total. The summed E-state index contributed by atoms with van der Waals surface area (Å²) in [5.41, 5.74) is 5.55. The molecule has 0 aliphatic heterocycles. The van der Waals surface area contributed by atoms with Gasteiger partial charge >= 0.3 is 0 Å². The first-order chi connectivity index (χ1) is 10.8. The van der Waals surface area contributed by atoms with Gasteiger partial charge in [-0.1, -0.05) is 12.8 Å². The Kier molecular flexibility index (Phi) is 5.64. The molecular weight excluding hydrogens is 316 g/mol. The molecule has 1 aromatic carbocycles. The molecule has 1 aliphatic rings. The average Bonchev–Trinajstić information content (AvgIpc) is 2.96. The third-order valence-corrected chi connectivity index (χ3v) is 5.33. The fraction of sp³-hybridized carbons (Fsp3) is 0.562. The summed E-state index contributed by atoms with van der Waals surface area (Å²) in [4.78, 5) is 12.3. The van der Waals surface area contributed by atoms with Gasteiger partial charge in [0.2, 0.25) is 5.91 Å². The molecule has 0 unspecified atom stereocenters. The van der Waals surface area contributed by atoms with Gasteiger partial charge in [-0.2, -0.15) is 0 Å². The summed E-state index contributed by atoms with van der Waals surface area (Å²) in [5.74, 6) is 0.477.